The summed E-state index contributed by atoms with van der Waals surface area (Å²) in [5.41, 5.74) is 10.4. The third kappa shape index (κ3) is 2.27. The fourth-order valence-corrected chi connectivity index (χ4v) is 1.67. The Morgan fingerprint density at radius 2 is 2.00 bits per heavy atom. The van der Waals surface area contributed by atoms with E-state index in [1.165, 1.54) is 0 Å². The molecule has 0 aromatic heterocycles. The number of rotatable bonds is 4. The number of hydrogen-bond donors (Lipinski definition) is 5. The van der Waals surface area contributed by atoms with Gasteiger partial charge in [-0.15, -0.1) is 0 Å². The van der Waals surface area contributed by atoms with Crippen molar-refractivity contribution in [1.82, 2.24) is 0 Å². The molecule has 0 aromatic carbocycles. The number of nitrogens with two attached hydrogens (primary N) is 2. The first-order valence-corrected chi connectivity index (χ1v) is 4.64. The van der Waals surface area contributed by atoms with Gasteiger partial charge in [-0.2, -0.15) is 0 Å². The van der Waals surface area contributed by atoms with Crippen molar-refractivity contribution in [2.45, 2.75) is 24.4 Å². The zero-order valence-electron chi connectivity index (χ0n) is 8.11. The topological polar surface area (TPSA) is 139 Å². The molecule has 1 heterocycles. The maximum Gasteiger partial charge on any atom is 0.224 e. The third-order valence-corrected chi connectivity index (χ3v) is 2.60. The zero-order chi connectivity index (χ0) is 11.6. The highest BCUT2D eigenvalue weighted by Gasteiger charge is 2.46. The lowest BCUT2D eigenvalue weighted by Crippen LogP contribution is -2.45. The van der Waals surface area contributed by atoms with Crippen molar-refractivity contribution in [3.05, 3.63) is 0 Å². The van der Waals surface area contributed by atoms with Gasteiger partial charge in [-0.3, -0.25) is 4.79 Å². The maximum absolute atomic E-state index is 11.0. The van der Waals surface area contributed by atoms with Gasteiger partial charge in [0.2, 0.25) is 5.91 Å². The normalized spacial score (nSPS) is 37.9. The zero-order valence-corrected chi connectivity index (χ0v) is 8.11. The summed E-state index contributed by atoms with van der Waals surface area (Å²) in [7, 11) is 0. The predicted octanol–water partition coefficient (Wildman–Crippen LogP) is -3.47. The summed E-state index contributed by atoms with van der Waals surface area (Å²) in [4.78, 5) is 11.0. The van der Waals surface area contributed by atoms with Crippen LogP contribution < -0.4 is 11.5 Å². The molecule has 15 heavy (non-hydrogen) atoms. The van der Waals surface area contributed by atoms with Crippen molar-refractivity contribution in [3.8, 4) is 0 Å². The van der Waals surface area contributed by atoms with Crippen LogP contribution in [0.25, 0.3) is 0 Å². The van der Waals surface area contributed by atoms with Crippen LogP contribution in [0.5, 0.6) is 0 Å². The van der Waals surface area contributed by atoms with Gasteiger partial charge >= 0.3 is 0 Å². The van der Waals surface area contributed by atoms with Crippen LogP contribution in [0.3, 0.4) is 0 Å². The minimum absolute atomic E-state index is 0.0814. The Morgan fingerprint density at radius 1 is 1.40 bits per heavy atom. The average Bonchev–Trinajstić information content (AvgIpc) is 2.46. The smallest absolute Gasteiger partial charge is 0.224 e. The minimum Gasteiger partial charge on any atom is -0.394 e. The molecule has 1 aliphatic rings. The molecule has 7 heteroatoms. The number of carbonyl (C=O) groups is 1. The molecule has 0 bridgehead atoms. The number of hydrogen-bond acceptors (Lipinski definition) is 6. The molecule has 1 rings (SSSR count). The van der Waals surface area contributed by atoms with Crippen molar-refractivity contribution in [1.29, 1.82) is 0 Å². The third-order valence-electron chi connectivity index (χ3n) is 2.60. The van der Waals surface area contributed by atoms with Crippen molar-refractivity contribution in [2.75, 3.05) is 13.2 Å². The Labute approximate surface area is 86.6 Å². The van der Waals surface area contributed by atoms with Gasteiger partial charge in [0.25, 0.3) is 0 Å². The van der Waals surface area contributed by atoms with E-state index < -0.39 is 42.8 Å². The molecule has 88 valence electrons. The monoisotopic (exact) mass is 220 g/mol. The first-order valence-electron chi connectivity index (χ1n) is 4.64. The SMILES string of the molecule is NCC(C(N)=O)[C@@H]1O[C@H](CO)C(O)C1O. The summed E-state index contributed by atoms with van der Waals surface area (Å²) in [5, 5.41) is 27.8. The lowest BCUT2D eigenvalue weighted by atomic mass is 9.95. The highest BCUT2D eigenvalue weighted by Crippen LogP contribution is 2.26. The second-order valence-corrected chi connectivity index (χ2v) is 3.55. The standard InChI is InChI=1S/C8H16N2O5/c9-1-3(8(10)14)7-6(13)5(12)4(2-11)15-7/h3-7,11-13H,1-2,9H2,(H2,10,14)/t3?,4-,5?,6?,7+/m1/s1. The van der Waals surface area contributed by atoms with Gasteiger partial charge < -0.3 is 31.5 Å². The number of aliphatic hydroxyl groups is 3. The van der Waals surface area contributed by atoms with E-state index in [4.69, 9.17) is 21.3 Å². The Balaban J connectivity index is 2.75. The molecule has 7 N–H and O–H groups in total. The first-order chi connectivity index (χ1) is 7.02. The molecule has 5 atom stereocenters. The highest BCUT2D eigenvalue weighted by atomic mass is 16.6. The van der Waals surface area contributed by atoms with Gasteiger partial charge in [-0.05, 0) is 0 Å². The molecule has 0 aromatic rings. The minimum atomic E-state index is -1.26. The van der Waals surface area contributed by atoms with E-state index in [9.17, 15) is 15.0 Å². The summed E-state index contributed by atoms with van der Waals surface area (Å²) >= 11 is 0. The molecule has 1 aliphatic heterocycles. The summed E-state index contributed by atoms with van der Waals surface area (Å²) in [6.45, 7) is -0.521. The summed E-state index contributed by atoms with van der Waals surface area (Å²) in [6, 6.07) is 0. The van der Waals surface area contributed by atoms with Crippen LogP contribution in [0.1, 0.15) is 0 Å². The molecule has 0 saturated carbocycles. The van der Waals surface area contributed by atoms with Crippen LogP contribution in [0.2, 0.25) is 0 Å². The Hall–Kier alpha value is -0.730. The fraction of sp³-hybridized carbons (Fsp3) is 0.875. The van der Waals surface area contributed by atoms with Gasteiger partial charge in [-0.1, -0.05) is 0 Å². The maximum atomic E-state index is 11.0. The fourth-order valence-electron chi connectivity index (χ4n) is 1.67. The average molecular weight is 220 g/mol. The van der Waals surface area contributed by atoms with Crippen molar-refractivity contribution in [3.63, 3.8) is 0 Å². The lowest BCUT2D eigenvalue weighted by molar-refractivity contribution is -0.129. The highest BCUT2D eigenvalue weighted by molar-refractivity contribution is 5.77. The van der Waals surface area contributed by atoms with E-state index in [1.54, 1.807) is 0 Å². The second-order valence-electron chi connectivity index (χ2n) is 3.55. The Bertz CT molecular complexity index is 237. The van der Waals surface area contributed by atoms with E-state index in [0.29, 0.717) is 0 Å². The Kier molecular flexibility index (Phi) is 4.00. The van der Waals surface area contributed by atoms with Crippen LogP contribution in [0.4, 0.5) is 0 Å². The van der Waals surface area contributed by atoms with Crippen molar-refractivity contribution in [2.24, 2.45) is 17.4 Å². The van der Waals surface area contributed by atoms with Crippen LogP contribution in [0.15, 0.2) is 0 Å². The van der Waals surface area contributed by atoms with Crippen molar-refractivity contribution < 1.29 is 24.9 Å². The number of ether oxygens (including phenoxy) is 1. The van der Waals surface area contributed by atoms with E-state index in [1.807, 2.05) is 0 Å². The summed E-state index contributed by atoms with van der Waals surface area (Å²) < 4.78 is 5.12. The molecule has 3 unspecified atom stereocenters. The molecule has 1 saturated heterocycles. The molecule has 0 spiro atoms. The van der Waals surface area contributed by atoms with Gasteiger partial charge in [0.05, 0.1) is 18.6 Å². The predicted molar refractivity (Wildman–Crippen MR) is 49.5 cm³/mol. The molecule has 7 nitrogen and oxygen atoms in total. The molecular formula is C8H16N2O5. The summed E-state index contributed by atoms with van der Waals surface area (Å²) in [5.74, 6) is -1.57. The van der Waals surface area contributed by atoms with Gasteiger partial charge in [-0.25, -0.2) is 0 Å². The van der Waals surface area contributed by atoms with E-state index in [2.05, 4.69) is 0 Å². The van der Waals surface area contributed by atoms with Crippen LogP contribution >= 0.6 is 0 Å². The number of amides is 1. The molecule has 1 amide bonds. The number of aliphatic hydroxyl groups excluding tert-OH is 3. The largest absolute Gasteiger partial charge is 0.394 e. The molecule has 0 radical (unpaired) electrons. The Morgan fingerprint density at radius 3 is 2.33 bits per heavy atom. The summed E-state index contributed by atoms with van der Waals surface area (Å²) in [6.07, 6.45) is -4.35. The van der Waals surface area contributed by atoms with E-state index in [-0.39, 0.29) is 6.54 Å². The van der Waals surface area contributed by atoms with E-state index >= 15 is 0 Å². The van der Waals surface area contributed by atoms with Gasteiger partial charge in [0.1, 0.15) is 18.3 Å². The quantitative estimate of drug-likeness (QED) is 0.333. The van der Waals surface area contributed by atoms with E-state index in [0.717, 1.165) is 0 Å². The van der Waals surface area contributed by atoms with Crippen LogP contribution in [0, 0.1) is 5.92 Å². The lowest BCUT2D eigenvalue weighted by Gasteiger charge is -2.21. The van der Waals surface area contributed by atoms with Crippen LogP contribution in [-0.2, 0) is 9.53 Å². The number of primary amides is 1. The molecule has 1 fully saturated rings. The second kappa shape index (κ2) is 4.86. The van der Waals surface area contributed by atoms with Crippen LogP contribution in [-0.4, -0.2) is 58.8 Å². The molecular weight excluding hydrogens is 204 g/mol. The first kappa shape index (κ1) is 12.3. The van der Waals surface area contributed by atoms with Gasteiger partial charge in [0.15, 0.2) is 0 Å². The van der Waals surface area contributed by atoms with Gasteiger partial charge in [0, 0.05) is 6.54 Å². The number of carbonyl (C=O) groups excluding carboxylic acids is 1. The van der Waals surface area contributed by atoms with Crippen molar-refractivity contribution >= 4 is 5.91 Å². The molecule has 0 aliphatic carbocycles.